The number of nitrogens with one attached hydrogen (secondary N) is 1. The molecular weight excluding hydrogens is 284 g/mol. The topological polar surface area (TPSA) is 71.2 Å². The van der Waals surface area contributed by atoms with Gasteiger partial charge in [-0.2, -0.15) is 0 Å². The van der Waals surface area contributed by atoms with Crippen LogP contribution in [0.25, 0.3) is 0 Å². The van der Waals surface area contributed by atoms with Gasteiger partial charge in [0.05, 0.1) is 12.2 Å². The third-order valence-corrected chi connectivity index (χ3v) is 4.49. The number of thiazole rings is 1. The SMILES string of the molecule is NCC(=O)Nc1nc2c(s1)CN(Cc1ccccc1)CC2. The van der Waals surface area contributed by atoms with E-state index in [9.17, 15) is 4.79 Å². The molecule has 3 rings (SSSR count). The largest absolute Gasteiger partial charge is 0.322 e. The number of hydrogen-bond acceptors (Lipinski definition) is 5. The molecule has 21 heavy (non-hydrogen) atoms. The molecule has 0 spiro atoms. The predicted molar refractivity (Wildman–Crippen MR) is 84.1 cm³/mol. The lowest BCUT2D eigenvalue weighted by atomic mass is 10.1. The maximum atomic E-state index is 11.3. The second-order valence-corrected chi connectivity index (χ2v) is 6.17. The highest BCUT2D eigenvalue weighted by Crippen LogP contribution is 2.28. The Morgan fingerprint density at radius 2 is 2.19 bits per heavy atom. The van der Waals surface area contributed by atoms with E-state index in [2.05, 4.69) is 39.5 Å². The number of benzene rings is 1. The lowest BCUT2D eigenvalue weighted by Gasteiger charge is -2.25. The van der Waals surface area contributed by atoms with Crippen molar-refractivity contribution < 1.29 is 4.79 Å². The maximum absolute atomic E-state index is 11.3. The third kappa shape index (κ3) is 3.47. The second kappa shape index (κ2) is 6.34. The van der Waals surface area contributed by atoms with Gasteiger partial charge < -0.3 is 11.1 Å². The van der Waals surface area contributed by atoms with Crippen LogP contribution in [0, 0.1) is 0 Å². The number of fused-ring (bicyclic) bond motifs is 1. The van der Waals surface area contributed by atoms with Gasteiger partial charge in [0.15, 0.2) is 5.13 Å². The Balaban J connectivity index is 1.66. The fraction of sp³-hybridized carbons (Fsp3) is 0.333. The highest BCUT2D eigenvalue weighted by molar-refractivity contribution is 7.15. The number of anilines is 1. The molecule has 1 amide bonds. The maximum Gasteiger partial charge on any atom is 0.239 e. The summed E-state index contributed by atoms with van der Waals surface area (Å²) in [6, 6.07) is 10.5. The molecule has 3 N–H and O–H groups in total. The molecule has 1 aliphatic heterocycles. The van der Waals surface area contributed by atoms with Crippen LogP contribution in [0.15, 0.2) is 30.3 Å². The predicted octanol–water partition coefficient (Wildman–Crippen LogP) is 1.60. The van der Waals surface area contributed by atoms with E-state index in [0.717, 1.165) is 31.7 Å². The number of carbonyl (C=O) groups is 1. The highest BCUT2D eigenvalue weighted by Gasteiger charge is 2.21. The monoisotopic (exact) mass is 302 g/mol. The molecule has 0 radical (unpaired) electrons. The molecule has 0 unspecified atom stereocenters. The summed E-state index contributed by atoms with van der Waals surface area (Å²) in [5.41, 5.74) is 7.74. The summed E-state index contributed by atoms with van der Waals surface area (Å²) < 4.78 is 0. The molecule has 0 atom stereocenters. The number of hydrogen-bond donors (Lipinski definition) is 2. The first-order valence-electron chi connectivity index (χ1n) is 6.99. The second-order valence-electron chi connectivity index (χ2n) is 5.09. The van der Waals surface area contributed by atoms with Gasteiger partial charge >= 0.3 is 0 Å². The molecule has 1 aromatic carbocycles. The van der Waals surface area contributed by atoms with Gasteiger partial charge in [0, 0.05) is 30.9 Å². The summed E-state index contributed by atoms with van der Waals surface area (Å²) in [5, 5.41) is 3.40. The van der Waals surface area contributed by atoms with Gasteiger partial charge in [0.2, 0.25) is 5.91 Å². The van der Waals surface area contributed by atoms with Crippen LogP contribution >= 0.6 is 11.3 Å². The van der Waals surface area contributed by atoms with Crippen LogP contribution in [0.2, 0.25) is 0 Å². The third-order valence-electron chi connectivity index (χ3n) is 3.49. The summed E-state index contributed by atoms with van der Waals surface area (Å²) in [4.78, 5) is 19.5. The molecule has 1 aliphatic rings. The number of amides is 1. The molecule has 0 aliphatic carbocycles. The van der Waals surface area contributed by atoms with E-state index in [-0.39, 0.29) is 12.5 Å². The fourth-order valence-corrected chi connectivity index (χ4v) is 3.52. The van der Waals surface area contributed by atoms with Crippen molar-refractivity contribution in [1.29, 1.82) is 0 Å². The first kappa shape index (κ1) is 14.2. The minimum Gasteiger partial charge on any atom is -0.322 e. The van der Waals surface area contributed by atoms with Gasteiger partial charge in [0.1, 0.15) is 0 Å². The average molecular weight is 302 g/mol. The van der Waals surface area contributed by atoms with Crippen molar-refractivity contribution in [2.45, 2.75) is 19.5 Å². The number of nitrogens with zero attached hydrogens (tertiary/aromatic N) is 2. The van der Waals surface area contributed by atoms with Crippen molar-refractivity contribution in [3.63, 3.8) is 0 Å². The summed E-state index contributed by atoms with van der Waals surface area (Å²) in [7, 11) is 0. The lowest BCUT2D eigenvalue weighted by Crippen LogP contribution is -2.29. The molecule has 6 heteroatoms. The van der Waals surface area contributed by atoms with Crippen LogP contribution in [0.5, 0.6) is 0 Å². The summed E-state index contributed by atoms with van der Waals surface area (Å²) in [6.45, 7) is 2.82. The van der Waals surface area contributed by atoms with E-state index in [1.165, 1.54) is 10.4 Å². The quantitative estimate of drug-likeness (QED) is 0.900. The molecule has 2 aromatic rings. The van der Waals surface area contributed by atoms with E-state index < -0.39 is 0 Å². The number of aromatic nitrogens is 1. The minimum atomic E-state index is -0.192. The first-order valence-corrected chi connectivity index (χ1v) is 7.81. The van der Waals surface area contributed by atoms with E-state index in [4.69, 9.17) is 5.73 Å². The molecule has 0 saturated carbocycles. The van der Waals surface area contributed by atoms with Crippen LogP contribution in [-0.4, -0.2) is 28.9 Å². The summed E-state index contributed by atoms with van der Waals surface area (Å²) >= 11 is 1.55. The standard InChI is InChI=1S/C15H18N4OS/c16-8-14(20)18-15-17-12-6-7-19(10-13(12)21-15)9-11-4-2-1-3-5-11/h1-5H,6-10,16H2,(H,17,18,20). The van der Waals surface area contributed by atoms with E-state index in [1.54, 1.807) is 11.3 Å². The molecule has 1 aromatic heterocycles. The van der Waals surface area contributed by atoms with Crippen molar-refractivity contribution in [2.24, 2.45) is 5.73 Å². The van der Waals surface area contributed by atoms with Crippen LogP contribution in [0.4, 0.5) is 5.13 Å². The summed E-state index contributed by atoms with van der Waals surface area (Å²) in [5.74, 6) is -0.192. The Labute approximate surface area is 127 Å². The Kier molecular flexibility index (Phi) is 4.28. The van der Waals surface area contributed by atoms with E-state index in [1.807, 2.05) is 6.07 Å². The molecular formula is C15H18N4OS. The van der Waals surface area contributed by atoms with Gasteiger partial charge in [-0.3, -0.25) is 9.69 Å². The Hall–Kier alpha value is -1.76. The van der Waals surface area contributed by atoms with Gasteiger partial charge in [-0.05, 0) is 5.56 Å². The Morgan fingerprint density at radius 3 is 2.95 bits per heavy atom. The molecule has 110 valence electrons. The first-order chi connectivity index (χ1) is 10.2. The van der Waals surface area contributed by atoms with Gasteiger partial charge in [-0.25, -0.2) is 4.98 Å². The molecule has 0 fully saturated rings. The van der Waals surface area contributed by atoms with Crippen molar-refractivity contribution in [3.8, 4) is 0 Å². The van der Waals surface area contributed by atoms with Gasteiger partial charge in [-0.1, -0.05) is 30.3 Å². The smallest absolute Gasteiger partial charge is 0.239 e. The minimum absolute atomic E-state index is 0.00954. The fourth-order valence-electron chi connectivity index (χ4n) is 2.45. The lowest BCUT2D eigenvalue weighted by molar-refractivity contribution is -0.114. The van der Waals surface area contributed by atoms with Crippen LogP contribution in [0.1, 0.15) is 16.1 Å². The highest BCUT2D eigenvalue weighted by atomic mass is 32.1. The van der Waals surface area contributed by atoms with Crippen LogP contribution in [-0.2, 0) is 24.3 Å². The zero-order valence-corrected chi connectivity index (χ0v) is 12.5. The number of nitrogens with two attached hydrogens (primary N) is 1. The Morgan fingerprint density at radius 1 is 1.38 bits per heavy atom. The van der Waals surface area contributed by atoms with E-state index >= 15 is 0 Å². The zero-order valence-electron chi connectivity index (χ0n) is 11.7. The van der Waals surface area contributed by atoms with Crippen molar-refractivity contribution in [2.75, 3.05) is 18.4 Å². The molecule has 2 heterocycles. The molecule has 0 saturated heterocycles. The van der Waals surface area contributed by atoms with Crippen LogP contribution in [0.3, 0.4) is 0 Å². The van der Waals surface area contributed by atoms with E-state index in [0.29, 0.717) is 5.13 Å². The summed E-state index contributed by atoms with van der Waals surface area (Å²) in [6.07, 6.45) is 0.928. The van der Waals surface area contributed by atoms with Gasteiger partial charge in [-0.15, -0.1) is 11.3 Å². The normalized spacial score (nSPS) is 14.7. The number of carbonyl (C=O) groups excluding carboxylic acids is 1. The zero-order chi connectivity index (χ0) is 14.7. The number of rotatable bonds is 4. The van der Waals surface area contributed by atoms with Crippen LogP contribution < -0.4 is 11.1 Å². The van der Waals surface area contributed by atoms with Crippen molar-refractivity contribution >= 4 is 22.4 Å². The molecule has 0 bridgehead atoms. The van der Waals surface area contributed by atoms with Gasteiger partial charge in [0.25, 0.3) is 0 Å². The average Bonchev–Trinajstić information content (AvgIpc) is 2.89. The Bertz CT molecular complexity index is 626. The van der Waals surface area contributed by atoms with Crippen molar-refractivity contribution in [1.82, 2.24) is 9.88 Å². The molecule has 5 nitrogen and oxygen atoms in total. The van der Waals surface area contributed by atoms with Crippen molar-refractivity contribution in [3.05, 3.63) is 46.5 Å².